The average molecular weight is 253 g/mol. The predicted octanol–water partition coefficient (Wildman–Crippen LogP) is 2.05. The van der Waals surface area contributed by atoms with Gasteiger partial charge in [0, 0.05) is 17.1 Å². The molecule has 96 valence electrons. The van der Waals surface area contributed by atoms with Gasteiger partial charge in [0.05, 0.1) is 11.6 Å². The van der Waals surface area contributed by atoms with Gasteiger partial charge in [0.15, 0.2) is 0 Å². The monoisotopic (exact) mass is 253 g/mol. The highest BCUT2D eigenvalue weighted by Gasteiger charge is 2.18. The topological polar surface area (TPSA) is 66.5 Å². The summed E-state index contributed by atoms with van der Waals surface area (Å²) in [4.78, 5) is 8.75. The summed E-state index contributed by atoms with van der Waals surface area (Å²) in [6.45, 7) is 2.91. The molecule has 5 heteroatoms. The maximum absolute atomic E-state index is 4.49. The van der Waals surface area contributed by atoms with Crippen molar-refractivity contribution in [2.24, 2.45) is 0 Å². The molecule has 5 nitrogen and oxygen atoms in total. The summed E-state index contributed by atoms with van der Waals surface area (Å²) in [6.07, 6.45) is 3.34. The van der Waals surface area contributed by atoms with E-state index >= 15 is 0 Å². The Labute approximate surface area is 111 Å². The number of fused-ring (bicyclic) bond motifs is 1. The SMILES string of the molecule is CCNC(c1ncn[nH]1)c1cccc2cccnc12. The lowest BCUT2D eigenvalue weighted by atomic mass is 10.0. The van der Waals surface area contributed by atoms with Crippen molar-refractivity contribution in [3.63, 3.8) is 0 Å². The molecule has 0 saturated carbocycles. The van der Waals surface area contributed by atoms with E-state index < -0.39 is 0 Å². The van der Waals surface area contributed by atoms with E-state index in [-0.39, 0.29) is 6.04 Å². The second-order valence-electron chi connectivity index (χ2n) is 4.28. The van der Waals surface area contributed by atoms with E-state index in [4.69, 9.17) is 0 Å². The zero-order chi connectivity index (χ0) is 13.1. The molecule has 3 rings (SSSR count). The number of hydrogen-bond acceptors (Lipinski definition) is 4. The van der Waals surface area contributed by atoms with Gasteiger partial charge in [0.2, 0.25) is 0 Å². The molecule has 3 aromatic rings. The third-order valence-corrected chi connectivity index (χ3v) is 3.09. The molecule has 1 atom stereocenters. The number of rotatable bonds is 4. The number of pyridine rings is 1. The van der Waals surface area contributed by atoms with Crippen LogP contribution in [0.4, 0.5) is 0 Å². The number of benzene rings is 1. The zero-order valence-corrected chi connectivity index (χ0v) is 10.7. The second-order valence-corrected chi connectivity index (χ2v) is 4.28. The Hall–Kier alpha value is -2.27. The molecule has 2 aromatic heterocycles. The summed E-state index contributed by atoms with van der Waals surface area (Å²) in [5, 5.41) is 11.4. The normalized spacial score (nSPS) is 12.7. The van der Waals surface area contributed by atoms with Crippen LogP contribution in [0.5, 0.6) is 0 Å². The molecule has 0 amide bonds. The molecule has 2 N–H and O–H groups in total. The second kappa shape index (κ2) is 5.16. The fourth-order valence-corrected chi connectivity index (χ4v) is 2.27. The summed E-state index contributed by atoms with van der Waals surface area (Å²) >= 11 is 0. The first kappa shape index (κ1) is 11.8. The van der Waals surface area contributed by atoms with Gasteiger partial charge in [0.25, 0.3) is 0 Å². The Kier molecular flexibility index (Phi) is 3.20. The number of aromatic nitrogens is 4. The molecular formula is C14H15N5. The minimum absolute atomic E-state index is 0.0221. The molecule has 19 heavy (non-hydrogen) atoms. The van der Waals surface area contributed by atoms with Gasteiger partial charge in [-0.3, -0.25) is 10.1 Å². The van der Waals surface area contributed by atoms with Crippen LogP contribution in [0.15, 0.2) is 42.9 Å². The van der Waals surface area contributed by atoms with Crippen molar-refractivity contribution in [1.29, 1.82) is 0 Å². The lowest BCUT2D eigenvalue weighted by Crippen LogP contribution is -2.23. The molecule has 1 aromatic carbocycles. The van der Waals surface area contributed by atoms with E-state index in [0.717, 1.165) is 28.8 Å². The molecule has 0 aliphatic rings. The van der Waals surface area contributed by atoms with E-state index in [2.05, 4.69) is 50.6 Å². The van der Waals surface area contributed by atoms with Crippen LogP contribution >= 0.6 is 0 Å². The largest absolute Gasteiger partial charge is 0.304 e. The highest BCUT2D eigenvalue weighted by molar-refractivity contribution is 5.82. The van der Waals surface area contributed by atoms with Crippen molar-refractivity contribution in [2.75, 3.05) is 6.54 Å². The van der Waals surface area contributed by atoms with E-state index in [1.165, 1.54) is 6.33 Å². The first-order valence-corrected chi connectivity index (χ1v) is 6.32. The van der Waals surface area contributed by atoms with Crippen LogP contribution in [-0.4, -0.2) is 26.7 Å². The smallest absolute Gasteiger partial charge is 0.146 e. The Balaban J connectivity index is 2.15. The van der Waals surface area contributed by atoms with Crippen LogP contribution in [0.25, 0.3) is 10.9 Å². The van der Waals surface area contributed by atoms with Crippen molar-refractivity contribution >= 4 is 10.9 Å². The molecule has 0 aliphatic heterocycles. The van der Waals surface area contributed by atoms with Crippen molar-refractivity contribution in [1.82, 2.24) is 25.5 Å². The summed E-state index contributed by atoms with van der Waals surface area (Å²) in [6, 6.07) is 10.2. The summed E-state index contributed by atoms with van der Waals surface area (Å²) in [5.74, 6) is 0.806. The number of aromatic amines is 1. The maximum atomic E-state index is 4.49. The number of nitrogens with one attached hydrogen (secondary N) is 2. The van der Waals surface area contributed by atoms with Crippen LogP contribution in [0.1, 0.15) is 24.4 Å². The van der Waals surface area contributed by atoms with E-state index in [9.17, 15) is 0 Å². The lowest BCUT2D eigenvalue weighted by molar-refractivity contribution is 0.602. The minimum atomic E-state index is -0.0221. The first-order valence-electron chi connectivity index (χ1n) is 6.32. The van der Waals surface area contributed by atoms with Gasteiger partial charge in [-0.1, -0.05) is 31.2 Å². The van der Waals surface area contributed by atoms with Gasteiger partial charge >= 0.3 is 0 Å². The van der Waals surface area contributed by atoms with Crippen LogP contribution in [0.2, 0.25) is 0 Å². The predicted molar refractivity (Wildman–Crippen MR) is 73.6 cm³/mol. The zero-order valence-electron chi connectivity index (χ0n) is 10.7. The Morgan fingerprint density at radius 1 is 1.21 bits per heavy atom. The summed E-state index contributed by atoms with van der Waals surface area (Å²) < 4.78 is 0. The van der Waals surface area contributed by atoms with Crippen molar-refractivity contribution in [3.8, 4) is 0 Å². The van der Waals surface area contributed by atoms with Crippen LogP contribution < -0.4 is 5.32 Å². The highest BCUT2D eigenvalue weighted by atomic mass is 15.2. The van der Waals surface area contributed by atoms with Gasteiger partial charge in [0.1, 0.15) is 12.2 Å². The van der Waals surface area contributed by atoms with Gasteiger partial charge < -0.3 is 5.32 Å². The molecule has 2 heterocycles. The number of para-hydroxylation sites is 1. The molecule has 1 unspecified atom stereocenters. The van der Waals surface area contributed by atoms with Gasteiger partial charge in [-0.25, -0.2) is 4.98 Å². The number of nitrogens with zero attached hydrogens (tertiary/aromatic N) is 3. The van der Waals surface area contributed by atoms with E-state index in [1.54, 1.807) is 0 Å². The lowest BCUT2D eigenvalue weighted by Gasteiger charge is -2.17. The molecule has 0 fully saturated rings. The number of H-pyrrole nitrogens is 1. The van der Waals surface area contributed by atoms with Crippen molar-refractivity contribution in [3.05, 3.63) is 54.2 Å². The Bertz CT molecular complexity index is 657. The summed E-state index contributed by atoms with van der Waals surface area (Å²) in [5.41, 5.74) is 2.10. The molecule has 0 spiro atoms. The molecule has 0 aliphatic carbocycles. The van der Waals surface area contributed by atoms with Gasteiger partial charge in [-0.15, -0.1) is 0 Å². The molecular weight excluding hydrogens is 238 g/mol. The number of hydrogen-bond donors (Lipinski definition) is 2. The summed E-state index contributed by atoms with van der Waals surface area (Å²) in [7, 11) is 0. The van der Waals surface area contributed by atoms with Crippen LogP contribution in [-0.2, 0) is 0 Å². The minimum Gasteiger partial charge on any atom is -0.304 e. The van der Waals surface area contributed by atoms with Gasteiger partial charge in [-0.05, 0) is 12.6 Å². The van der Waals surface area contributed by atoms with Crippen LogP contribution in [0.3, 0.4) is 0 Å². The Morgan fingerprint density at radius 3 is 2.89 bits per heavy atom. The van der Waals surface area contributed by atoms with Gasteiger partial charge in [-0.2, -0.15) is 5.10 Å². The fraction of sp³-hybridized carbons (Fsp3) is 0.214. The van der Waals surface area contributed by atoms with Crippen LogP contribution in [0, 0.1) is 0 Å². The van der Waals surface area contributed by atoms with Crippen molar-refractivity contribution < 1.29 is 0 Å². The molecule has 0 radical (unpaired) electrons. The van der Waals surface area contributed by atoms with Crippen molar-refractivity contribution in [2.45, 2.75) is 13.0 Å². The average Bonchev–Trinajstić information content (AvgIpc) is 2.98. The highest BCUT2D eigenvalue weighted by Crippen LogP contribution is 2.25. The molecule has 0 saturated heterocycles. The maximum Gasteiger partial charge on any atom is 0.146 e. The van der Waals surface area contributed by atoms with E-state index in [1.807, 2.05) is 18.3 Å². The third-order valence-electron chi connectivity index (χ3n) is 3.09. The fourth-order valence-electron chi connectivity index (χ4n) is 2.27. The van der Waals surface area contributed by atoms with E-state index in [0.29, 0.717) is 0 Å². The first-order chi connectivity index (χ1) is 9.40. The Morgan fingerprint density at radius 2 is 2.11 bits per heavy atom. The quantitative estimate of drug-likeness (QED) is 0.747. The third kappa shape index (κ3) is 2.20. The molecule has 0 bridgehead atoms. The standard InChI is InChI=1S/C14H15N5/c1-2-15-13(14-17-9-18-19-14)11-7-3-5-10-6-4-8-16-12(10)11/h3-9,13,15H,2H2,1H3,(H,17,18,19).